The highest BCUT2D eigenvalue weighted by molar-refractivity contribution is 6.30. The number of halogens is 1. The van der Waals surface area contributed by atoms with Crippen molar-refractivity contribution in [2.45, 2.75) is 18.8 Å². The first-order valence-corrected chi connectivity index (χ1v) is 6.36. The number of nitrogens with zero attached hydrogens (tertiary/aromatic N) is 1. The molecule has 0 spiro atoms. The average Bonchev–Trinajstić information content (AvgIpc) is 2.40. The molecule has 1 aromatic heterocycles. The van der Waals surface area contributed by atoms with E-state index in [2.05, 4.69) is 4.98 Å². The summed E-state index contributed by atoms with van der Waals surface area (Å²) in [7, 11) is 0. The van der Waals surface area contributed by atoms with Crippen LogP contribution in [0.1, 0.15) is 33.8 Å². The van der Waals surface area contributed by atoms with Crippen LogP contribution in [0.15, 0.2) is 42.7 Å². The van der Waals surface area contributed by atoms with Crippen LogP contribution >= 0.6 is 11.6 Å². The Morgan fingerprint density at radius 2 is 1.94 bits per heavy atom. The van der Waals surface area contributed by atoms with Crippen molar-refractivity contribution in [1.29, 1.82) is 0 Å². The Hall–Kier alpha value is -1.67. The van der Waals surface area contributed by atoms with Gasteiger partial charge in [-0.15, -0.1) is 0 Å². The molecule has 1 aliphatic carbocycles. The van der Waals surface area contributed by atoms with Crippen molar-refractivity contribution in [2.24, 2.45) is 0 Å². The molecule has 1 unspecified atom stereocenters. The zero-order valence-corrected chi connectivity index (χ0v) is 10.5. The third-order valence-corrected chi connectivity index (χ3v) is 3.70. The molecule has 3 rings (SSSR count). The predicted molar refractivity (Wildman–Crippen MR) is 71.1 cm³/mol. The lowest BCUT2D eigenvalue weighted by molar-refractivity contribution is 0.0946. The zero-order valence-electron chi connectivity index (χ0n) is 9.77. The minimum absolute atomic E-state index is 0.0401. The predicted octanol–water partition coefficient (Wildman–Crippen LogP) is 3.65. The summed E-state index contributed by atoms with van der Waals surface area (Å²) in [5.41, 5.74) is 2.93. The number of hydrogen-bond acceptors (Lipinski definition) is 2. The molecule has 3 heteroatoms. The van der Waals surface area contributed by atoms with Gasteiger partial charge in [-0.3, -0.25) is 9.78 Å². The summed E-state index contributed by atoms with van der Waals surface area (Å²) in [5, 5.41) is 0.698. The third kappa shape index (κ3) is 1.93. The fraction of sp³-hybridized carbons (Fsp3) is 0.200. The van der Waals surface area contributed by atoms with Gasteiger partial charge in [-0.1, -0.05) is 11.6 Å². The van der Waals surface area contributed by atoms with E-state index in [4.69, 9.17) is 11.6 Å². The average molecular weight is 258 g/mol. The van der Waals surface area contributed by atoms with E-state index in [9.17, 15) is 4.79 Å². The minimum Gasteiger partial charge on any atom is -0.293 e. The standard InChI is InChI=1S/C15H12ClNO/c16-12-2-4-14-11(9-12)1-3-13(15(14)18)10-5-7-17-8-6-10/h2,4-9,13H,1,3H2. The quantitative estimate of drug-likeness (QED) is 0.781. The fourth-order valence-corrected chi connectivity index (χ4v) is 2.74. The van der Waals surface area contributed by atoms with Crippen molar-refractivity contribution in [3.05, 3.63) is 64.4 Å². The van der Waals surface area contributed by atoms with Crippen LogP contribution in [-0.4, -0.2) is 10.8 Å². The van der Waals surface area contributed by atoms with Gasteiger partial charge in [-0.25, -0.2) is 0 Å². The number of aryl methyl sites for hydroxylation is 1. The van der Waals surface area contributed by atoms with Gasteiger partial charge < -0.3 is 0 Å². The molecule has 0 radical (unpaired) electrons. The number of benzene rings is 1. The molecule has 0 aliphatic heterocycles. The SMILES string of the molecule is O=C1c2ccc(Cl)cc2CCC1c1ccncc1. The third-order valence-electron chi connectivity index (χ3n) is 3.46. The Morgan fingerprint density at radius 1 is 1.17 bits per heavy atom. The lowest BCUT2D eigenvalue weighted by atomic mass is 9.79. The smallest absolute Gasteiger partial charge is 0.170 e. The topological polar surface area (TPSA) is 30.0 Å². The van der Waals surface area contributed by atoms with Gasteiger partial charge >= 0.3 is 0 Å². The molecule has 1 aromatic carbocycles. The molecule has 90 valence electrons. The Kier molecular flexibility index (Phi) is 2.88. The normalized spacial score (nSPS) is 18.5. The number of rotatable bonds is 1. The van der Waals surface area contributed by atoms with Crippen molar-refractivity contribution < 1.29 is 4.79 Å². The maximum atomic E-state index is 12.5. The number of pyridine rings is 1. The first-order chi connectivity index (χ1) is 8.75. The number of hydrogen-bond donors (Lipinski definition) is 0. The summed E-state index contributed by atoms with van der Waals surface area (Å²) in [6.45, 7) is 0. The lowest BCUT2D eigenvalue weighted by Crippen LogP contribution is -2.20. The molecule has 1 atom stereocenters. The molecule has 0 N–H and O–H groups in total. The molecule has 0 fully saturated rings. The number of ketones is 1. The van der Waals surface area contributed by atoms with Crippen molar-refractivity contribution in [2.75, 3.05) is 0 Å². The van der Waals surface area contributed by atoms with Crippen LogP contribution in [0.2, 0.25) is 5.02 Å². The maximum absolute atomic E-state index is 12.5. The Labute approximate surface area is 111 Å². The molecule has 0 bridgehead atoms. The van der Waals surface area contributed by atoms with Crippen LogP contribution in [0.5, 0.6) is 0 Å². The van der Waals surface area contributed by atoms with Crippen LogP contribution < -0.4 is 0 Å². The van der Waals surface area contributed by atoms with Crippen LogP contribution in [0.3, 0.4) is 0 Å². The second-order valence-electron chi connectivity index (χ2n) is 4.54. The number of carbonyl (C=O) groups is 1. The molecule has 1 heterocycles. The highest BCUT2D eigenvalue weighted by atomic mass is 35.5. The van der Waals surface area contributed by atoms with E-state index < -0.39 is 0 Å². The van der Waals surface area contributed by atoms with Crippen LogP contribution in [0.25, 0.3) is 0 Å². The van der Waals surface area contributed by atoms with Crippen LogP contribution in [0.4, 0.5) is 0 Å². The van der Waals surface area contributed by atoms with E-state index in [0.29, 0.717) is 5.02 Å². The molecule has 2 aromatic rings. The van der Waals surface area contributed by atoms with Gasteiger partial charge in [0.2, 0.25) is 0 Å². The van der Waals surface area contributed by atoms with Gasteiger partial charge in [-0.2, -0.15) is 0 Å². The van der Waals surface area contributed by atoms with E-state index in [1.165, 1.54) is 0 Å². The van der Waals surface area contributed by atoms with Gasteiger partial charge in [0.25, 0.3) is 0 Å². The van der Waals surface area contributed by atoms with Gasteiger partial charge in [-0.05, 0) is 54.3 Å². The van der Waals surface area contributed by atoms with Gasteiger partial charge in [0.15, 0.2) is 5.78 Å². The zero-order chi connectivity index (χ0) is 12.5. The van der Waals surface area contributed by atoms with Crippen molar-refractivity contribution in [3.63, 3.8) is 0 Å². The van der Waals surface area contributed by atoms with E-state index in [1.54, 1.807) is 18.5 Å². The van der Waals surface area contributed by atoms with Gasteiger partial charge in [0.05, 0.1) is 0 Å². The molecule has 0 saturated heterocycles. The summed E-state index contributed by atoms with van der Waals surface area (Å²) in [6.07, 6.45) is 5.21. The molecule has 2 nitrogen and oxygen atoms in total. The molecule has 0 saturated carbocycles. The number of fused-ring (bicyclic) bond motifs is 1. The summed E-state index contributed by atoms with van der Waals surface area (Å²) in [4.78, 5) is 16.5. The van der Waals surface area contributed by atoms with Crippen LogP contribution in [0, 0.1) is 0 Å². The first-order valence-electron chi connectivity index (χ1n) is 5.98. The number of carbonyl (C=O) groups excluding carboxylic acids is 1. The molecular formula is C15H12ClNO. The molecule has 0 amide bonds. The molecule has 1 aliphatic rings. The van der Waals surface area contributed by atoms with E-state index in [0.717, 1.165) is 29.5 Å². The summed E-state index contributed by atoms with van der Waals surface area (Å²) in [6, 6.07) is 9.37. The van der Waals surface area contributed by atoms with Crippen LogP contribution in [-0.2, 0) is 6.42 Å². The summed E-state index contributed by atoms with van der Waals surface area (Å²) in [5.74, 6) is 0.154. The highest BCUT2D eigenvalue weighted by Crippen LogP contribution is 2.33. The summed E-state index contributed by atoms with van der Waals surface area (Å²) >= 11 is 5.96. The largest absolute Gasteiger partial charge is 0.293 e. The van der Waals surface area contributed by atoms with Gasteiger partial charge in [0.1, 0.15) is 0 Å². The van der Waals surface area contributed by atoms with Crippen molar-refractivity contribution >= 4 is 17.4 Å². The summed E-state index contributed by atoms with van der Waals surface area (Å²) < 4.78 is 0. The van der Waals surface area contributed by atoms with E-state index in [1.807, 2.05) is 24.3 Å². The minimum atomic E-state index is -0.0401. The maximum Gasteiger partial charge on any atom is 0.170 e. The Bertz CT molecular complexity index is 595. The second-order valence-corrected chi connectivity index (χ2v) is 4.97. The molecule has 18 heavy (non-hydrogen) atoms. The Balaban J connectivity index is 2.00. The van der Waals surface area contributed by atoms with Crippen molar-refractivity contribution in [1.82, 2.24) is 4.98 Å². The molecular weight excluding hydrogens is 246 g/mol. The van der Waals surface area contributed by atoms with E-state index >= 15 is 0 Å². The first kappa shape index (κ1) is 11.4. The fourth-order valence-electron chi connectivity index (χ4n) is 2.54. The van der Waals surface area contributed by atoms with Crippen molar-refractivity contribution in [3.8, 4) is 0 Å². The lowest BCUT2D eigenvalue weighted by Gasteiger charge is -2.23. The van der Waals surface area contributed by atoms with Gasteiger partial charge in [0, 0.05) is 28.9 Å². The Morgan fingerprint density at radius 3 is 2.72 bits per heavy atom. The number of aromatic nitrogens is 1. The monoisotopic (exact) mass is 257 g/mol. The van der Waals surface area contributed by atoms with E-state index in [-0.39, 0.29) is 11.7 Å². The highest BCUT2D eigenvalue weighted by Gasteiger charge is 2.28. The number of Topliss-reactive ketones (excluding diaryl/α,β-unsaturated/α-hetero) is 1. The second kappa shape index (κ2) is 4.54.